The molecule has 0 saturated heterocycles. The molecule has 0 bridgehead atoms. The molecule has 4 N–H and O–H groups in total. The third kappa shape index (κ3) is 2.48. The molecule has 2 rings (SSSR count). The molecule has 1 aromatic heterocycles. The van der Waals surface area contributed by atoms with Crippen molar-refractivity contribution >= 4 is 21.4 Å². The van der Waals surface area contributed by atoms with E-state index in [2.05, 4.69) is 10.3 Å². The van der Waals surface area contributed by atoms with Crippen molar-refractivity contribution in [1.82, 2.24) is 4.98 Å². The van der Waals surface area contributed by atoms with Gasteiger partial charge in [-0.2, -0.15) is 0 Å². The summed E-state index contributed by atoms with van der Waals surface area (Å²) in [6.45, 7) is 1.89. The number of hydrogen-bond donors (Lipinski definition) is 3. The Hall–Kier alpha value is -1.79. The Morgan fingerprint density at radius 3 is 2.47 bits per heavy atom. The Morgan fingerprint density at radius 2 is 1.88 bits per heavy atom. The smallest absolute Gasteiger partial charge is 0.240 e. The molecule has 5 nitrogen and oxygen atoms in total. The number of aromatic nitrogens is 1. The number of anilines is 2. The monoisotopic (exact) mass is 251 g/mol. The predicted molar refractivity (Wildman–Crippen MR) is 66.6 cm³/mol. The molecule has 0 saturated carbocycles. The summed E-state index contributed by atoms with van der Waals surface area (Å²) in [7, 11) is -3.72. The summed E-state index contributed by atoms with van der Waals surface area (Å²) in [4.78, 5) is 3.09. The minimum absolute atomic E-state index is 0.0839. The molecule has 17 heavy (non-hydrogen) atoms. The van der Waals surface area contributed by atoms with E-state index in [1.807, 2.05) is 13.0 Å². The molecule has 0 spiro atoms. The third-order valence-electron chi connectivity index (χ3n) is 2.42. The molecule has 6 heteroatoms. The average molecular weight is 251 g/mol. The van der Waals surface area contributed by atoms with Gasteiger partial charge in [-0.05, 0) is 25.1 Å². The van der Waals surface area contributed by atoms with Gasteiger partial charge in [0.25, 0.3) is 0 Å². The van der Waals surface area contributed by atoms with E-state index in [4.69, 9.17) is 5.14 Å². The summed E-state index contributed by atoms with van der Waals surface area (Å²) in [6.07, 6.45) is 1.78. The number of sulfonamides is 1. The van der Waals surface area contributed by atoms with Gasteiger partial charge in [-0.3, -0.25) is 0 Å². The van der Waals surface area contributed by atoms with E-state index in [1.54, 1.807) is 24.4 Å². The highest BCUT2D eigenvalue weighted by Crippen LogP contribution is 2.25. The van der Waals surface area contributed by atoms with Crippen LogP contribution in [0.4, 0.5) is 11.4 Å². The van der Waals surface area contributed by atoms with Gasteiger partial charge in [0.2, 0.25) is 10.0 Å². The lowest BCUT2D eigenvalue weighted by atomic mass is 10.3. The molecule has 0 aliphatic rings. The number of nitrogens with one attached hydrogen (secondary N) is 2. The Bertz CT molecular complexity index is 632. The number of aromatic amines is 1. The number of primary sulfonamides is 1. The van der Waals surface area contributed by atoms with Crippen molar-refractivity contribution in [3.63, 3.8) is 0 Å². The van der Waals surface area contributed by atoms with Gasteiger partial charge < -0.3 is 10.3 Å². The lowest BCUT2D eigenvalue weighted by molar-refractivity contribution is 0.598. The van der Waals surface area contributed by atoms with Gasteiger partial charge in [0, 0.05) is 11.9 Å². The van der Waals surface area contributed by atoms with Gasteiger partial charge in [-0.25, -0.2) is 13.6 Å². The third-order valence-corrected chi connectivity index (χ3v) is 3.39. The lowest BCUT2D eigenvalue weighted by Crippen LogP contribution is -2.14. The first-order chi connectivity index (χ1) is 7.98. The number of H-pyrrole nitrogens is 1. The van der Waals surface area contributed by atoms with Crippen LogP contribution in [0.1, 0.15) is 5.69 Å². The van der Waals surface area contributed by atoms with E-state index in [0.29, 0.717) is 5.69 Å². The molecule has 0 fully saturated rings. The summed E-state index contributed by atoms with van der Waals surface area (Å²) in [5.74, 6) is 0. The Kier molecular flexibility index (Phi) is 2.91. The maximum Gasteiger partial charge on any atom is 0.240 e. The van der Waals surface area contributed by atoms with Gasteiger partial charge in [0.1, 0.15) is 4.90 Å². The van der Waals surface area contributed by atoms with E-state index >= 15 is 0 Å². The predicted octanol–water partition coefficient (Wildman–Crippen LogP) is 1.71. The van der Waals surface area contributed by atoms with Gasteiger partial charge >= 0.3 is 0 Å². The second-order valence-electron chi connectivity index (χ2n) is 3.68. The molecule has 0 atom stereocenters. The highest BCUT2D eigenvalue weighted by Gasteiger charge is 2.13. The van der Waals surface area contributed by atoms with Gasteiger partial charge in [0.15, 0.2) is 0 Å². The molecule has 0 radical (unpaired) electrons. The highest BCUT2D eigenvalue weighted by atomic mass is 32.2. The summed E-state index contributed by atoms with van der Waals surface area (Å²) in [5.41, 5.74) is 2.22. The van der Waals surface area contributed by atoms with E-state index in [-0.39, 0.29) is 4.90 Å². The first-order valence-corrected chi connectivity index (χ1v) is 6.56. The Balaban J connectivity index is 2.44. The summed E-state index contributed by atoms with van der Waals surface area (Å²) >= 11 is 0. The van der Waals surface area contributed by atoms with E-state index in [9.17, 15) is 8.42 Å². The van der Waals surface area contributed by atoms with E-state index in [0.717, 1.165) is 11.4 Å². The summed E-state index contributed by atoms with van der Waals surface area (Å²) < 4.78 is 22.8. The van der Waals surface area contributed by atoms with Gasteiger partial charge in [-0.15, -0.1) is 0 Å². The zero-order valence-corrected chi connectivity index (χ0v) is 10.1. The molecule has 1 aromatic carbocycles. The Labute approximate surface area is 99.7 Å². The fourth-order valence-electron chi connectivity index (χ4n) is 1.55. The lowest BCUT2D eigenvalue weighted by Gasteiger charge is -2.09. The van der Waals surface area contributed by atoms with Crippen LogP contribution in [0.3, 0.4) is 0 Å². The summed E-state index contributed by atoms with van der Waals surface area (Å²) in [6, 6.07) is 8.36. The average Bonchev–Trinajstić information content (AvgIpc) is 2.64. The number of nitrogens with two attached hydrogens (primary N) is 1. The van der Waals surface area contributed by atoms with Crippen LogP contribution in [0.25, 0.3) is 0 Å². The van der Waals surface area contributed by atoms with Crippen molar-refractivity contribution in [2.45, 2.75) is 11.8 Å². The van der Waals surface area contributed by atoms with Crippen LogP contribution in [-0.2, 0) is 10.0 Å². The van der Waals surface area contributed by atoms with Crippen LogP contribution < -0.4 is 10.5 Å². The number of para-hydroxylation sites is 1. The summed E-state index contributed by atoms with van der Waals surface area (Å²) in [5, 5.41) is 8.19. The maximum atomic E-state index is 11.4. The molecule has 0 aliphatic carbocycles. The van der Waals surface area contributed by atoms with Crippen molar-refractivity contribution in [2.24, 2.45) is 5.14 Å². The minimum Gasteiger partial charge on any atom is -0.363 e. The van der Waals surface area contributed by atoms with Crippen molar-refractivity contribution in [3.05, 3.63) is 42.2 Å². The zero-order chi connectivity index (χ0) is 12.5. The normalized spacial score (nSPS) is 11.4. The molecular weight excluding hydrogens is 238 g/mol. The molecule has 1 heterocycles. The highest BCUT2D eigenvalue weighted by molar-refractivity contribution is 7.89. The second kappa shape index (κ2) is 4.23. The SMILES string of the molecule is Cc1[nH]ccc1Nc1ccccc1S(N)(=O)=O. The van der Waals surface area contributed by atoms with Gasteiger partial charge in [-0.1, -0.05) is 12.1 Å². The van der Waals surface area contributed by atoms with Crippen molar-refractivity contribution in [1.29, 1.82) is 0 Å². The van der Waals surface area contributed by atoms with Crippen LogP contribution in [-0.4, -0.2) is 13.4 Å². The quantitative estimate of drug-likeness (QED) is 0.776. The second-order valence-corrected chi connectivity index (χ2v) is 5.21. The van der Waals surface area contributed by atoms with Crippen LogP contribution in [0, 0.1) is 6.92 Å². The maximum absolute atomic E-state index is 11.4. The number of hydrogen-bond acceptors (Lipinski definition) is 3. The zero-order valence-electron chi connectivity index (χ0n) is 9.27. The molecule has 0 unspecified atom stereocenters. The van der Waals surface area contributed by atoms with Crippen molar-refractivity contribution in [3.8, 4) is 0 Å². The van der Waals surface area contributed by atoms with Crippen LogP contribution in [0.5, 0.6) is 0 Å². The minimum atomic E-state index is -3.72. The molecular formula is C11H13N3O2S. The standard InChI is InChI=1S/C11H13N3O2S/c1-8-9(6-7-13-8)14-10-4-2-3-5-11(10)17(12,15)16/h2-7,13-14H,1H3,(H2,12,15,16). The van der Waals surface area contributed by atoms with E-state index < -0.39 is 10.0 Å². The molecule has 0 aliphatic heterocycles. The number of benzene rings is 1. The fraction of sp³-hybridized carbons (Fsp3) is 0.0909. The van der Waals surface area contributed by atoms with Crippen molar-refractivity contribution < 1.29 is 8.42 Å². The first kappa shape index (κ1) is 11.7. The van der Waals surface area contributed by atoms with Crippen LogP contribution in [0.15, 0.2) is 41.4 Å². The number of aryl methyl sites for hydroxylation is 1. The largest absolute Gasteiger partial charge is 0.363 e. The van der Waals surface area contributed by atoms with Gasteiger partial charge in [0.05, 0.1) is 11.4 Å². The number of rotatable bonds is 3. The molecule has 2 aromatic rings. The molecule has 0 amide bonds. The van der Waals surface area contributed by atoms with Crippen molar-refractivity contribution in [2.75, 3.05) is 5.32 Å². The topological polar surface area (TPSA) is 88.0 Å². The Morgan fingerprint density at radius 1 is 1.18 bits per heavy atom. The fourth-order valence-corrected chi connectivity index (χ4v) is 2.25. The van der Waals surface area contributed by atoms with E-state index in [1.165, 1.54) is 6.07 Å². The molecule has 90 valence electrons. The first-order valence-electron chi connectivity index (χ1n) is 5.01. The van der Waals surface area contributed by atoms with Crippen LogP contribution in [0.2, 0.25) is 0 Å². The van der Waals surface area contributed by atoms with Crippen LogP contribution >= 0.6 is 0 Å².